The first-order chi connectivity index (χ1) is 12.8. The van der Waals surface area contributed by atoms with Crippen LogP contribution >= 0.6 is 0 Å². The van der Waals surface area contributed by atoms with E-state index in [0.717, 1.165) is 17.2 Å². The van der Waals surface area contributed by atoms with E-state index in [2.05, 4.69) is 24.4 Å². The maximum Gasteiger partial charge on any atom is 0.277 e. The number of rotatable bonds is 7. The molecule has 5 nitrogen and oxygen atoms in total. The van der Waals surface area contributed by atoms with Gasteiger partial charge in [0.2, 0.25) is 0 Å². The Morgan fingerprint density at radius 2 is 2.00 bits per heavy atom. The predicted molar refractivity (Wildman–Crippen MR) is 104 cm³/mol. The largest absolute Gasteiger partial charge is 0.507 e. The fraction of sp³-hybridized carbons (Fsp3) is 0.333. The zero-order valence-electron chi connectivity index (χ0n) is 16.0. The quantitative estimate of drug-likeness (QED) is 0.563. The molecule has 0 saturated carbocycles. The van der Waals surface area contributed by atoms with E-state index >= 15 is 0 Å². The Hall–Kier alpha value is -2.89. The molecular weight excluding hydrogens is 347 g/mol. The Bertz CT molecular complexity index is 847. The highest BCUT2D eigenvalue weighted by atomic mass is 19.1. The molecule has 0 fully saturated rings. The summed E-state index contributed by atoms with van der Waals surface area (Å²) in [6, 6.07) is 9.49. The van der Waals surface area contributed by atoms with Gasteiger partial charge in [-0.25, -0.2) is 9.82 Å². The molecule has 1 amide bonds. The molecule has 0 heterocycles. The van der Waals surface area contributed by atoms with Crippen molar-refractivity contribution in [1.29, 1.82) is 0 Å². The SMILES string of the molecule is CCC(=NNC(=O)COc1cc(C)ccc1C(C)C)c1cc(F)ccc1O. The first-order valence-corrected chi connectivity index (χ1v) is 8.89. The minimum absolute atomic E-state index is 0.0937. The molecule has 2 aromatic carbocycles. The van der Waals surface area contributed by atoms with E-state index < -0.39 is 11.7 Å². The molecule has 144 valence electrons. The van der Waals surface area contributed by atoms with Crippen molar-refractivity contribution in [3.05, 3.63) is 58.9 Å². The smallest absolute Gasteiger partial charge is 0.277 e. The molecular formula is C21H25FN2O3. The molecule has 2 N–H and O–H groups in total. The van der Waals surface area contributed by atoms with E-state index in [0.29, 0.717) is 17.9 Å². The molecule has 0 aliphatic heterocycles. The fourth-order valence-corrected chi connectivity index (χ4v) is 2.62. The maximum atomic E-state index is 13.4. The number of nitrogens with one attached hydrogen (secondary N) is 1. The molecule has 0 atom stereocenters. The van der Waals surface area contributed by atoms with E-state index in [9.17, 15) is 14.3 Å². The maximum absolute atomic E-state index is 13.4. The third-order valence-electron chi connectivity index (χ3n) is 4.07. The van der Waals surface area contributed by atoms with Gasteiger partial charge in [0.05, 0.1) is 5.71 Å². The second kappa shape index (κ2) is 9.16. The third-order valence-corrected chi connectivity index (χ3v) is 4.07. The molecule has 6 heteroatoms. The number of carbonyl (C=O) groups excluding carboxylic acids is 1. The average Bonchev–Trinajstić information content (AvgIpc) is 2.63. The molecule has 0 aliphatic rings. The average molecular weight is 372 g/mol. The summed E-state index contributed by atoms with van der Waals surface area (Å²) < 4.78 is 19.1. The number of hydrogen-bond donors (Lipinski definition) is 2. The van der Waals surface area contributed by atoms with Crippen molar-refractivity contribution in [3.63, 3.8) is 0 Å². The summed E-state index contributed by atoms with van der Waals surface area (Å²) in [6.45, 7) is 7.67. The molecule has 0 bridgehead atoms. The number of aromatic hydroxyl groups is 1. The lowest BCUT2D eigenvalue weighted by Crippen LogP contribution is -2.26. The van der Waals surface area contributed by atoms with Gasteiger partial charge in [0.15, 0.2) is 6.61 Å². The van der Waals surface area contributed by atoms with Crippen molar-refractivity contribution in [2.45, 2.75) is 40.0 Å². The Morgan fingerprint density at radius 3 is 2.67 bits per heavy atom. The van der Waals surface area contributed by atoms with Gasteiger partial charge in [-0.15, -0.1) is 0 Å². The van der Waals surface area contributed by atoms with Gasteiger partial charge in [-0.3, -0.25) is 4.79 Å². The van der Waals surface area contributed by atoms with Gasteiger partial charge in [-0.1, -0.05) is 32.9 Å². The summed E-state index contributed by atoms with van der Waals surface area (Å²) in [5.74, 6) is -0.0805. The van der Waals surface area contributed by atoms with Crippen LogP contribution in [0.4, 0.5) is 4.39 Å². The van der Waals surface area contributed by atoms with Crippen LogP contribution in [0.2, 0.25) is 0 Å². The van der Waals surface area contributed by atoms with Crippen LogP contribution in [0, 0.1) is 12.7 Å². The van der Waals surface area contributed by atoms with Crippen molar-refractivity contribution >= 4 is 11.6 Å². The third kappa shape index (κ3) is 5.54. The number of ether oxygens (including phenoxy) is 1. The van der Waals surface area contributed by atoms with Gasteiger partial charge in [-0.2, -0.15) is 5.10 Å². The molecule has 2 aromatic rings. The Labute approximate surface area is 158 Å². The van der Waals surface area contributed by atoms with Gasteiger partial charge in [0, 0.05) is 5.56 Å². The summed E-state index contributed by atoms with van der Waals surface area (Å²) in [6.07, 6.45) is 0.410. The number of benzene rings is 2. The predicted octanol–water partition coefficient (Wildman–Crippen LogP) is 4.27. The number of hydrazone groups is 1. The van der Waals surface area contributed by atoms with Gasteiger partial charge in [0.25, 0.3) is 5.91 Å². The number of hydrogen-bond acceptors (Lipinski definition) is 4. The topological polar surface area (TPSA) is 70.9 Å². The van der Waals surface area contributed by atoms with Crippen LogP contribution in [-0.2, 0) is 4.79 Å². The van der Waals surface area contributed by atoms with Gasteiger partial charge >= 0.3 is 0 Å². The van der Waals surface area contributed by atoms with E-state index in [1.807, 2.05) is 25.1 Å². The fourth-order valence-electron chi connectivity index (χ4n) is 2.62. The monoisotopic (exact) mass is 372 g/mol. The molecule has 2 rings (SSSR count). The van der Waals surface area contributed by atoms with Crippen molar-refractivity contribution in [1.82, 2.24) is 5.43 Å². The Morgan fingerprint density at radius 1 is 1.26 bits per heavy atom. The lowest BCUT2D eigenvalue weighted by atomic mass is 10.0. The molecule has 0 aliphatic carbocycles. The van der Waals surface area contributed by atoms with Crippen LogP contribution < -0.4 is 10.2 Å². The zero-order chi connectivity index (χ0) is 20.0. The number of phenols is 1. The standard InChI is InChI=1S/C21H25FN2O3/c1-5-18(17-11-15(22)7-9-19(17)25)23-24-21(26)12-27-20-10-14(4)6-8-16(20)13(2)3/h6-11,13,25H,5,12H2,1-4H3,(H,24,26). The van der Waals surface area contributed by atoms with Gasteiger partial charge < -0.3 is 9.84 Å². The highest BCUT2D eigenvalue weighted by Gasteiger charge is 2.12. The van der Waals surface area contributed by atoms with Crippen LogP contribution in [0.3, 0.4) is 0 Å². The number of halogens is 1. The number of nitrogens with zero attached hydrogens (tertiary/aromatic N) is 1. The molecule has 27 heavy (non-hydrogen) atoms. The minimum Gasteiger partial charge on any atom is -0.507 e. The summed E-state index contributed by atoms with van der Waals surface area (Å²) in [5.41, 5.74) is 5.09. The van der Waals surface area contributed by atoms with E-state index in [1.165, 1.54) is 12.1 Å². The van der Waals surface area contributed by atoms with Crippen molar-refractivity contribution in [2.75, 3.05) is 6.61 Å². The Kier molecular flexibility index (Phi) is 6.93. The summed E-state index contributed by atoms with van der Waals surface area (Å²) in [5, 5.41) is 13.9. The van der Waals surface area contributed by atoms with Crippen molar-refractivity contribution in [3.8, 4) is 11.5 Å². The lowest BCUT2D eigenvalue weighted by Gasteiger charge is -2.14. The molecule has 0 radical (unpaired) electrons. The van der Waals surface area contributed by atoms with Gasteiger partial charge in [-0.05, 0) is 54.7 Å². The van der Waals surface area contributed by atoms with Crippen LogP contribution in [0.15, 0.2) is 41.5 Å². The zero-order valence-corrected chi connectivity index (χ0v) is 16.0. The van der Waals surface area contributed by atoms with Crippen molar-refractivity contribution in [2.24, 2.45) is 5.10 Å². The van der Waals surface area contributed by atoms with Gasteiger partial charge in [0.1, 0.15) is 17.3 Å². The van der Waals surface area contributed by atoms with E-state index in [1.54, 1.807) is 6.92 Å². The molecule has 0 saturated heterocycles. The molecule has 0 aromatic heterocycles. The number of aryl methyl sites for hydroxylation is 1. The summed E-state index contributed by atoms with van der Waals surface area (Å²) >= 11 is 0. The van der Waals surface area contributed by atoms with Crippen LogP contribution in [0.25, 0.3) is 0 Å². The molecule has 0 unspecified atom stereocenters. The van der Waals surface area contributed by atoms with Crippen LogP contribution in [0.1, 0.15) is 49.8 Å². The highest BCUT2D eigenvalue weighted by Crippen LogP contribution is 2.27. The summed E-state index contributed by atoms with van der Waals surface area (Å²) in [4.78, 5) is 12.1. The van der Waals surface area contributed by atoms with Crippen molar-refractivity contribution < 1.29 is 19.0 Å². The number of carbonyl (C=O) groups is 1. The first-order valence-electron chi connectivity index (χ1n) is 8.89. The summed E-state index contributed by atoms with van der Waals surface area (Å²) in [7, 11) is 0. The lowest BCUT2D eigenvalue weighted by molar-refractivity contribution is -0.123. The van der Waals surface area contributed by atoms with E-state index in [-0.39, 0.29) is 23.8 Å². The Balaban J connectivity index is 2.06. The number of amides is 1. The first kappa shape index (κ1) is 20.4. The minimum atomic E-state index is -0.487. The van der Waals surface area contributed by atoms with Crippen LogP contribution in [-0.4, -0.2) is 23.3 Å². The second-order valence-corrected chi connectivity index (χ2v) is 6.59. The normalized spacial score (nSPS) is 11.6. The highest BCUT2D eigenvalue weighted by molar-refractivity contribution is 6.03. The number of phenolic OH excluding ortho intramolecular Hbond substituents is 1. The van der Waals surface area contributed by atoms with E-state index in [4.69, 9.17) is 4.74 Å². The molecule has 0 spiro atoms. The van der Waals surface area contributed by atoms with Crippen LogP contribution in [0.5, 0.6) is 11.5 Å². The second-order valence-electron chi connectivity index (χ2n) is 6.59.